The van der Waals surface area contributed by atoms with Crippen LogP contribution in [0.2, 0.25) is 0 Å². The Labute approximate surface area is 803 Å². The first-order valence-corrected chi connectivity index (χ1v) is 45.5. The molecule has 6 aliphatic rings. The van der Waals surface area contributed by atoms with Crippen molar-refractivity contribution in [1.82, 2.24) is 19.1 Å². The molecule has 8 aromatic carbocycles. The number of phenols is 2. The van der Waals surface area contributed by atoms with Crippen molar-refractivity contribution in [3.05, 3.63) is 251 Å². The van der Waals surface area contributed by atoms with E-state index in [1.54, 1.807) is 30.9 Å². The first-order chi connectivity index (χ1) is 59.3. The number of benzene rings is 8. The minimum Gasteiger partial charge on any atom is -0.507 e. The fourth-order valence-electron chi connectivity index (χ4n) is 14.5. The summed E-state index contributed by atoms with van der Waals surface area (Å²) in [6, 6.07) is 39.5. The van der Waals surface area contributed by atoms with Gasteiger partial charge in [-0.2, -0.15) is 70.2 Å². The highest BCUT2D eigenvalue weighted by Crippen LogP contribution is 2.61. The highest BCUT2D eigenvalue weighted by Gasteiger charge is 2.71. The minimum atomic E-state index is -4.45. The number of fused-ring (bicyclic) bond motifs is 2. The fraction of sp³-hybridized carbons (Fsp3) is 0.274. The predicted octanol–water partition coefficient (Wildman–Crippen LogP) is 21.4. The van der Waals surface area contributed by atoms with Crippen LogP contribution in [0.3, 0.4) is 0 Å². The molecule has 4 saturated carbocycles. The largest absolute Gasteiger partial charge is 0.507 e. The van der Waals surface area contributed by atoms with Crippen LogP contribution in [-0.4, -0.2) is 118 Å². The van der Waals surface area contributed by atoms with Crippen molar-refractivity contribution < 1.29 is 148 Å². The van der Waals surface area contributed by atoms with Crippen molar-refractivity contribution in [3.8, 4) is 23.0 Å². The van der Waals surface area contributed by atoms with Gasteiger partial charge in [-0.15, -0.1) is 0 Å². The molecule has 0 radical (unpaired) electrons. The number of aromatic nitrogens is 4. The monoisotopic (exact) mass is 2510 g/mol. The summed E-state index contributed by atoms with van der Waals surface area (Å²) in [4.78, 5) is 93.7. The number of halogens is 22. The summed E-state index contributed by atoms with van der Waals surface area (Å²) in [6.45, 7) is 0.751. The van der Waals surface area contributed by atoms with Crippen LogP contribution in [0.4, 0.5) is 75.0 Å². The van der Waals surface area contributed by atoms with Gasteiger partial charge in [0.1, 0.15) is 54.0 Å². The van der Waals surface area contributed by atoms with Gasteiger partial charge in [0.25, 0.3) is 0 Å². The van der Waals surface area contributed by atoms with Crippen LogP contribution in [-0.2, 0) is 89.5 Å². The number of carbonyl (C=O) groups excluding carboxylic acids is 6. The Kier molecular flexibility index (Phi) is 33.2. The third-order valence-corrected chi connectivity index (χ3v) is 29.6. The lowest BCUT2D eigenvalue weighted by Crippen LogP contribution is -2.46. The van der Waals surface area contributed by atoms with E-state index in [-0.39, 0.29) is 48.5 Å². The summed E-state index contributed by atoms with van der Waals surface area (Å²) in [6.07, 6.45) is -10.9. The van der Waals surface area contributed by atoms with Crippen molar-refractivity contribution in [2.45, 2.75) is 124 Å². The van der Waals surface area contributed by atoms with E-state index in [4.69, 9.17) is 28.8 Å². The average Bonchev–Trinajstić information content (AvgIpc) is 1.55. The molecule has 128 heavy (non-hydrogen) atoms. The van der Waals surface area contributed by atoms with Gasteiger partial charge in [-0.05, 0) is 318 Å². The molecule has 2 aromatic heterocycles. The van der Waals surface area contributed by atoms with E-state index in [0.717, 1.165) is 65.5 Å². The zero-order valence-corrected chi connectivity index (χ0v) is 78.7. The van der Waals surface area contributed by atoms with E-state index in [2.05, 4.69) is 55.1 Å². The molecular weight excluding hydrogens is 2450 g/mol. The number of imidazole rings is 2. The predicted molar refractivity (Wildman–Crippen MR) is 476 cm³/mol. The van der Waals surface area contributed by atoms with E-state index < -0.39 is 170 Å². The molecule has 6 fully saturated rings. The molecule has 4 bridgehead atoms. The normalized spacial score (nSPS) is 21.0. The maximum absolute atomic E-state index is 13.3. The van der Waals surface area contributed by atoms with Crippen LogP contribution in [0.25, 0.3) is 0 Å². The number of phenolic OH excluding ortho intramolecular Hbond substituents is 2. The first kappa shape index (κ1) is 102. The molecule has 10 aromatic rings. The first-order valence-electron chi connectivity index (χ1n) is 36.6. The topological polar surface area (TPSA) is 282 Å². The maximum Gasteiger partial charge on any atom is 0.416 e. The molecule has 0 amide bonds. The molecule has 20 nitrogen and oxygen atoms in total. The number of carbonyl (C=O) groups is 7. The number of carboxylic acid groups (broad SMARTS) is 1. The van der Waals surface area contributed by atoms with Crippen molar-refractivity contribution in [2.75, 3.05) is 0 Å². The number of hydrogen-bond donors (Lipinski definition) is 4. The SMILES string of the molecule is C.CC(F)(F)C(=O)O.CC(F)(F)C(=O)OC1C2CC3C1OC(=O)C3C2C(=O)Oc1cc(I)c(O)cc1I.FC(F)(F)c1ccc([S+](c2ccc(I)cc2)c2ccc(C(F)(F)F)cc2)cc1.FC(F)(F)c1ccc([S+](c2ccc(I)cc2)c2ccc(C(F)(F)F)cc2)cc1.O=C(Oc1cc(I)c(O)cc1I)C1C2CC3C(OC(=O)C31)C2O.O=C(n1ccnc1)n1ccnc1. The Morgan fingerprint density at radius 2 is 0.734 bits per heavy atom. The standard InChI is InChI=1S/2C20H12F6IS.C18H14F2I2O7.C15H12I2O6.C7H6N4O.C3H4F2O2.CH4/c2*21-19(22,23)13-1-7-16(8-2-13)28(18-11-5-15(27)6-12-18)17-9-3-14(4-10-17)20(24,25)26;1-18(19,20)17(26)29-14-6-2-5-12(16(25)28-13(5)14)11(6)15(24)27-10-4-7(21)9(23)3-8(10)22;16-6-3-9(7(17)2-8(6)18)22-14(20)10-4-1-5-11(10)15(21)23-13(5)12(4)19;12-7(10-3-1-8-5-10)11-4-2-9-6-11;1-3(4,5)2(6)7;/h2*1-12H;3-6,11-14,23H,2H2,1H3;2-5,10-13,18-19H,1H2;1-6H;1H3,(H,6,7);1H4/q2*+1;;;;;. The third-order valence-electron chi connectivity index (χ3n) is 20.3. The average molecular weight is 2510 g/mol. The van der Waals surface area contributed by atoms with E-state index in [0.29, 0.717) is 66.3 Å². The van der Waals surface area contributed by atoms with Crippen LogP contribution in [0, 0.1) is 68.8 Å². The van der Waals surface area contributed by atoms with Gasteiger partial charge in [-0.1, -0.05) is 7.43 Å². The van der Waals surface area contributed by atoms with E-state index in [9.17, 15) is 119 Å². The second-order valence-corrected chi connectivity index (χ2v) is 39.8. The van der Waals surface area contributed by atoms with Crippen LogP contribution >= 0.6 is 136 Å². The Morgan fingerprint density at radius 1 is 0.438 bits per heavy atom. The van der Waals surface area contributed by atoms with Gasteiger partial charge in [0.05, 0.1) is 88.1 Å². The van der Waals surface area contributed by atoms with Gasteiger partial charge in [-0.25, -0.2) is 24.4 Å². The summed E-state index contributed by atoms with van der Waals surface area (Å²) < 4.78 is 237. The summed E-state index contributed by atoms with van der Waals surface area (Å²) in [7, 11) is -1.66. The zero-order valence-electron chi connectivity index (χ0n) is 64.1. The highest BCUT2D eigenvalue weighted by atomic mass is 127. The van der Waals surface area contributed by atoms with Crippen molar-refractivity contribution >= 4 is 199 Å². The fourth-order valence-corrected chi connectivity index (χ4v) is 21.3. The van der Waals surface area contributed by atoms with Crippen LogP contribution < -0.4 is 9.47 Å². The van der Waals surface area contributed by atoms with Gasteiger partial charge in [0.2, 0.25) is 0 Å². The number of aliphatic hydroxyl groups excluding tert-OH is 1. The lowest BCUT2D eigenvalue weighted by atomic mass is 9.78. The van der Waals surface area contributed by atoms with E-state index in [1.807, 2.05) is 139 Å². The van der Waals surface area contributed by atoms with Gasteiger partial charge in [0.15, 0.2) is 29.4 Å². The molecule has 2 aliphatic heterocycles. The molecule has 16 rings (SSSR count). The van der Waals surface area contributed by atoms with Gasteiger partial charge in [0, 0.05) is 69.4 Å². The second kappa shape index (κ2) is 41.5. The molecule has 4 aliphatic carbocycles. The third kappa shape index (κ3) is 24.3. The molecule has 44 heteroatoms. The van der Waals surface area contributed by atoms with E-state index in [1.165, 1.54) is 88.5 Å². The zero-order chi connectivity index (χ0) is 93.2. The van der Waals surface area contributed by atoms with Crippen molar-refractivity contribution in [3.63, 3.8) is 0 Å². The van der Waals surface area contributed by atoms with Gasteiger partial charge < -0.3 is 44.1 Å². The number of hydrogen-bond acceptors (Lipinski definition) is 17. The van der Waals surface area contributed by atoms with Crippen LogP contribution in [0.5, 0.6) is 23.0 Å². The highest BCUT2D eigenvalue weighted by molar-refractivity contribution is 14.1. The molecular formula is C84H64F16I6N4O16S2+2. The Balaban J connectivity index is 0.000000166. The van der Waals surface area contributed by atoms with Crippen molar-refractivity contribution in [1.29, 1.82) is 0 Å². The molecule has 0 spiro atoms. The summed E-state index contributed by atoms with van der Waals surface area (Å²) >= 11 is 11.9. The number of alkyl halides is 16. The van der Waals surface area contributed by atoms with Crippen LogP contribution in [0.15, 0.2) is 237 Å². The number of ether oxygens (including phenoxy) is 5. The van der Waals surface area contributed by atoms with E-state index >= 15 is 0 Å². The van der Waals surface area contributed by atoms with Gasteiger partial charge >= 0.3 is 78.4 Å². The number of aromatic hydroxyl groups is 2. The Hall–Kier alpha value is -7.81. The van der Waals surface area contributed by atoms with Crippen LogP contribution in [0.1, 0.15) is 56.4 Å². The minimum absolute atomic E-state index is 0. The molecule has 4 heterocycles. The summed E-state index contributed by atoms with van der Waals surface area (Å²) in [5.41, 5.74) is -3.07. The number of aliphatic hydroxyl groups is 1. The number of esters is 5. The quantitative estimate of drug-likeness (QED) is 0.0208. The molecule has 12 atom stereocenters. The molecule has 680 valence electrons. The lowest BCUT2D eigenvalue weighted by Gasteiger charge is -2.30. The summed E-state index contributed by atoms with van der Waals surface area (Å²) in [5, 5.41) is 37.1. The lowest BCUT2D eigenvalue weighted by molar-refractivity contribution is -0.185. The smallest absolute Gasteiger partial charge is 0.416 e. The molecule has 2 saturated heterocycles. The Bertz CT molecular complexity index is 5340. The van der Waals surface area contributed by atoms with Gasteiger partial charge in [-0.3, -0.25) is 28.3 Å². The Morgan fingerprint density at radius 3 is 1.03 bits per heavy atom. The molecule has 12 unspecified atom stereocenters. The van der Waals surface area contributed by atoms with Crippen molar-refractivity contribution in [2.24, 2.45) is 47.3 Å². The summed E-state index contributed by atoms with van der Waals surface area (Å²) in [5.74, 6) is -16.9. The molecule has 4 N–H and O–H groups in total. The number of aliphatic carboxylic acids is 1. The number of rotatable bonds is 13. The second-order valence-electron chi connectivity index (χ2n) is 28.6. The number of carboxylic acids is 1. The maximum atomic E-state index is 13.3. The number of nitrogens with zero attached hydrogens (tertiary/aromatic N) is 4.